The topological polar surface area (TPSA) is 85.3 Å². The molecular formula is C21H18N2O5. The van der Waals surface area contributed by atoms with Crippen molar-refractivity contribution in [2.24, 2.45) is 5.10 Å². The van der Waals surface area contributed by atoms with Gasteiger partial charge in [0.1, 0.15) is 11.8 Å². The zero-order valence-electron chi connectivity index (χ0n) is 15.2. The fourth-order valence-corrected chi connectivity index (χ4v) is 3.02. The van der Waals surface area contributed by atoms with E-state index in [1.807, 2.05) is 31.2 Å². The standard InChI is InChI=1S/C21H18N2O5/c1-14-6-8-15(9-7-14)16-12-17(18-4-2-10-26-18)23(22-16)20(24)13-28-21(25)19-5-3-11-27-19/h2-11,17H,12-13H2,1H3/t17-/m0/s1. The van der Waals surface area contributed by atoms with E-state index in [1.165, 1.54) is 17.3 Å². The second kappa shape index (κ2) is 7.56. The molecule has 3 aromatic rings. The first-order chi connectivity index (χ1) is 13.6. The molecule has 0 fully saturated rings. The highest BCUT2D eigenvalue weighted by atomic mass is 16.5. The summed E-state index contributed by atoms with van der Waals surface area (Å²) in [5.41, 5.74) is 2.85. The molecule has 0 aliphatic carbocycles. The summed E-state index contributed by atoms with van der Waals surface area (Å²) in [6, 6.07) is 14.2. The van der Waals surface area contributed by atoms with Crippen molar-refractivity contribution >= 4 is 17.6 Å². The number of furan rings is 2. The number of nitrogens with zero attached hydrogens (tertiary/aromatic N) is 2. The minimum Gasteiger partial charge on any atom is -0.467 e. The Morgan fingerprint density at radius 2 is 1.86 bits per heavy atom. The minimum atomic E-state index is -0.699. The predicted molar refractivity (Wildman–Crippen MR) is 99.6 cm³/mol. The molecule has 0 saturated heterocycles. The number of benzene rings is 1. The van der Waals surface area contributed by atoms with Crippen molar-refractivity contribution in [1.29, 1.82) is 0 Å². The number of hydrogen-bond donors (Lipinski definition) is 0. The smallest absolute Gasteiger partial charge is 0.374 e. The number of amides is 1. The third-order valence-electron chi connectivity index (χ3n) is 4.47. The Balaban J connectivity index is 1.53. The Morgan fingerprint density at radius 3 is 2.54 bits per heavy atom. The Kier molecular flexibility index (Phi) is 4.80. The van der Waals surface area contributed by atoms with Crippen LogP contribution in [-0.4, -0.2) is 29.2 Å². The summed E-state index contributed by atoms with van der Waals surface area (Å²) < 4.78 is 15.5. The van der Waals surface area contributed by atoms with Crippen molar-refractivity contribution in [3.05, 3.63) is 83.7 Å². The van der Waals surface area contributed by atoms with Crippen LogP contribution in [0, 0.1) is 6.92 Å². The first-order valence-electron chi connectivity index (χ1n) is 8.82. The first kappa shape index (κ1) is 17.8. The monoisotopic (exact) mass is 378 g/mol. The minimum absolute atomic E-state index is 0.0423. The first-order valence-corrected chi connectivity index (χ1v) is 8.82. The van der Waals surface area contributed by atoms with Crippen molar-refractivity contribution in [2.75, 3.05) is 6.61 Å². The zero-order valence-corrected chi connectivity index (χ0v) is 15.2. The molecule has 1 amide bonds. The summed E-state index contributed by atoms with van der Waals surface area (Å²) in [4.78, 5) is 24.6. The Morgan fingerprint density at radius 1 is 1.11 bits per heavy atom. The largest absolute Gasteiger partial charge is 0.467 e. The van der Waals surface area contributed by atoms with E-state index in [2.05, 4.69) is 5.10 Å². The highest BCUT2D eigenvalue weighted by Crippen LogP contribution is 2.33. The van der Waals surface area contributed by atoms with Gasteiger partial charge in [-0.15, -0.1) is 0 Å². The van der Waals surface area contributed by atoms with Gasteiger partial charge in [-0.1, -0.05) is 29.8 Å². The molecule has 7 nitrogen and oxygen atoms in total. The quantitative estimate of drug-likeness (QED) is 0.632. The molecule has 142 valence electrons. The molecule has 1 atom stereocenters. The van der Waals surface area contributed by atoms with Crippen molar-refractivity contribution in [1.82, 2.24) is 5.01 Å². The molecule has 0 radical (unpaired) electrons. The molecule has 0 N–H and O–H groups in total. The van der Waals surface area contributed by atoms with Gasteiger partial charge in [0, 0.05) is 6.42 Å². The van der Waals surface area contributed by atoms with Gasteiger partial charge >= 0.3 is 5.97 Å². The molecule has 0 unspecified atom stereocenters. The lowest BCUT2D eigenvalue weighted by Crippen LogP contribution is -2.31. The van der Waals surface area contributed by atoms with Crippen LogP contribution in [0.15, 0.2) is 75.0 Å². The average Bonchev–Trinajstić information content (AvgIpc) is 3.47. The van der Waals surface area contributed by atoms with Crippen LogP contribution >= 0.6 is 0 Å². The molecule has 1 aromatic carbocycles. The van der Waals surface area contributed by atoms with E-state index < -0.39 is 18.5 Å². The highest BCUT2D eigenvalue weighted by Gasteiger charge is 2.35. The Hall–Kier alpha value is -3.61. The zero-order chi connectivity index (χ0) is 19.5. The molecule has 4 rings (SSSR count). The molecule has 3 heterocycles. The van der Waals surface area contributed by atoms with Gasteiger partial charge in [-0.25, -0.2) is 9.80 Å². The van der Waals surface area contributed by atoms with Gasteiger partial charge in [-0.3, -0.25) is 4.79 Å². The lowest BCUT2D eigenvalue weighted by atomic mass is 10.0. The molecular weight excluding hydrogens is 360 g/mol. The van der Waals surface area contributed by atoms with E-state index in [4.69, 9.17) is 13.6 Å². The number of aryl methyl sites for hydroxylation is 1. The predicted octanol–water partition coefficient (Wildman–Crippen LogP) is 3.72. The number of hydrogen-bond acceptors (Lipinski definition) is 6. The van der Waals surface area contributed by atoms with Crippen LogP contribution in [0.5, 0.6) is 0 Å². The lowest BCUT2D eigenvalue weighted by Gasteiger charge is -2.19. The van der Waals surface area contributed by atoms with Crippen LogP contribution in [0.25, 0.3) is 0 Å². The maximum Gasteiger partial charge on any atom is 0.374 e. The lowest BCUT2D eigenvalue weighted by molar-refractivity contribution is -0.136. The van der Waals surface area contributed by atoms with Gasteiger partial charge in [0.25, 0.3) is 5.91 Å². The van der Waals surface area contributed by atoms with Crippen molar-refractivity contribution in [2.45, 2.75) is 19.4 Å². The summed E-state index contributed by atoms with van der Waals surface area (Å²) in [5.74, 6) is -0.476. The second-order valence-corrected chi connectivity index (χ2v) is 6.44. The van der Waals surface area contributed by atoms with E-state index in [-0.39, 0.29) is 11.8 Å². The van der Waals surface area contributed by atoms with Gasteiger partial charge in [-0.05, 0) is 36.8 Å². The number of carbonyl (C=O) groups is 2. The van der Waals surface area contributed by atoms with E-state index in [1.54, 1.807) is 24.5 Å². The number of ether oxygens (including phenoxy) is 1. The van der Waals surface area contributed by atoms with Crippen LogP contribution in [0.2, 0.25) is 0 Å². The second-order valence-electron chi connectivity index (χ2n) is 6.44. The van der Waals surface area contributed by atoms with Gasteiger partial charge in [0.05, 0.1) is 18.2 Å². The summed E-state index contributed by atoms with van der Waals surface area (Å²) in [7, 11) is 0. The van der Waals surface area contributed by atoms with E-state index in [0.717, 1.165) is 16.8 Å². The third-order valence-corrected chi connectivity index (χ3v) is 4.47. The number of hydrazone groups is 1. The fourth-order valence-electron chi connectivity index (χ4n) is 3.02. The van der Waals surface area contributed by atoms with Gasteiger partial charge < -0.3 is 13.6 Å². The van der Waals surface area contributed by atoms with E-state index in [9.17, 15) is 9.59 Å². The van der Waals surface area contributed by atoms with Gasteiger partial charge in [0.15, 0.2) is 6.61 Å². The van der Waals surface area contributed by atoms with Crippen LogP contribution < -0.4 is 0 Å². The molecule has 0 spiro atoms. The molecule has 0 bridgehead atoms. The normalized spacial score (nSPS) is 16.1. The highest BCUT2D eigenvalue weighted by molar-refractivity contribution is 6.03. The third kappa shape index (κ3) is 3.59. The maximum absolute atomic E-state index is 12.7. The molecule has 1 aliphatic rings. The Labute approximate surface area is 161 Å². The molecule has 1 aliphatic heterocycles. The summed E-state index contributed by atoms with van der Waals surface area (Å²) >= 11 is 0. The van der Waals surface area contributed by atoms with Crippen LogP contribution in [0.4, 0.5) is 0 Å². The maximum atomic E-state index is 12.7. The molecule has 2 aromatic heterocycles. The van der Waals surface area contributed by atoms with Crippen molar-refractivity contribution in [3.63, 3.8) is 0 Å². The van der Waals surface area contributed by atoms with Crippen LogP contribution in [0.1, 0.15) is 39.9 Å². The van der Waals surface area contributed by atoms with Crippen molar-refractivity contribution in [3.8, 4) is 0 Å². The molecule has 7 heteroatoms. The summed E-state index contributed by atoms with van der Waals surface area (Å²) in [6.45, 7) is 1.57. The summed E-state index contributed by atoms with van der Waals surface area (Å²) in [6.07, 6.45) is 3.43. The molecule has 28 heavy (non-hydrogen) atoms. The molecule has 0 saturated carbocycles. The SMILES string of the molecule is Cc1ccc(C2=NN(C(=O)COC(=O)c3ccco3)[C@H](c3ccco3)C2)cc1. The van der Waals surface area contributed by atoms with E-state index >= 15 is 0 Å². The Bertz CT molecular complexity index is 988. The summed E-state index contributed by atoms with van der Waals surface area (Å²) in [5, 5.41) is 5.81. The van der Waals surface area contributed by atoms with E-state index in [0.29, 0.717) is 12.2 Å². The number of carbonyl (C=O) groups excluding carboxylic acids is 2. The number of esters is 1. The average molecular weight is 378 g/mol. The van der Waals surface area contributed by atoms with Gasteiger partial charge in [-0.2, -0.15) is 5.10 Å². The number of rotatable bonds is 5. The van der Waals surface area contributed by atoms with Crippen LogP contribution in [0.3, 0.4) is 0 Å². The fraction of sp³-hybridized carbons (Fsp3) is 0.190. The van der Waals surface area contributed by atoms with Crippen molar-refractivity contribution < 1.29 is 23.2 Å². The van der Waals surface area contributed by atoms with Crippen LogP contribution in [-0.2, 0) is 9.53 Å². The van der Waals surface area contributed by atoms with Gasteiger partial charge in [0.2, 0.25) is 5.76 Å².